The van der Waals surface area contributed by atoms with E-state index in [1.807, 2.05) is 13.8 Å². The van der Waals surface area contributed by atoms with Crippen LogP contribution in [0.1, 0.15) is 79.1 Å². The normalized spacial score (nSPS) is 14.1. The van der Waals surface area contributed by atoms with Crippen LogP contribution in [0.4, 0.5) is 0 Å². The summed E-state index contributed by atoms with van der Waals surface area (Å²) in [4.78, 5) is 70.0. The first-order valence-corrected chi connectivity index (χ1v) is 15.8. The van der Waals surface area contributed by atoms with Crippen molar-refractivity contribution < 1.29 is 81.4 Å². The third kappa shape index (κ3) is 26.5. The van der Waals surface area contributed by atoms with Gasteiger partial charge < -0.3 is 14.9 Å². The number of rotatable bonds is 23. The Labute approximate surface area is 263 Å². The average molecular weight is 728 g/mol. The van der Waals surface area contributed by atoms with Gasteiger partial charge >= 0.3 is 194 Å². The summed E-state index contributed by atoms with van der Waals surface area (Å²) < 4.78 is 24.8. The molecule has 0 radical (unpaired) electrons. The number of aliphatic hydroxyl groups is 2. The molecule has 0 saturated carbocycles. The zero-order valence-corrected chi connectivity index (χ0v) is 27.3. The van der Waals surface area contributed by atoms with Crippen LogP contribution in [0.5, 0.6) is 0 Å². The van der Waals surface area contributed by atoms with Crippen LogP contribution in [-0.4, -0.2) is 77.9 Å². The van der Waals surface area contributed by atoms with E-state index in [1.165, 1.54) is 6.92 Å². The van der Waals surface area contributed by atoms with Crippen molar-refractivity contribution in [2.75, 3.05) is 19.8 Å². The molecule has 0 saturated heterocycles. The fraction of sp³-hybridized carbons (Fsp3) is 0.655. The first-order chi connectivity index (χ1) is 20.3. The van der Waals surface area contributed by atoms with Gasteiger partial charge in [0.15, 0.2) is 0 Å². The summed E-state index contributed by atoms with van der Waals surface area (Å²) in [5, 5.41) is 18.2. The maximum atomic E-state index is 11.9. The summed E-state index contributed by atoms with van der Waals surface area (Å²) >= 11 is -1.54. The van der Waals surface area contributed by atoms with Crippen LogP contribution in [0.15, 0.2) is 24.3 Å². The third-order valence-corrected chi connectivity index (χ3v) is 7.01. The number of ketones is 1. The fourth-order valence-corrected chi connectivity index (χ4v) is 3.91. The molecule has 0 heterocycles. The van der Waals surface area contributed by atoms with Crippen molar-refractivity contribution in [1.82, 2.24) is 0 Å². The second-order valence-electron chi connectivity index (χ2n) is 10.2. The standard InChI is InChI=1S/C29H44IO13/c1-20(15-17-39-25(34)12-9-24(33)8-7-22(3)31)5-10-28(37)42-30-43-29(38)11-6-21(2)16-18-40-26(35)13-14-27(36)41-19-23(4)32/h9,12-14,20-23,31-32H,5-8,10-11,15-19H2,1-4H3/q-1/b12-9-,14-13-. The summed E-state index contributed by atoms with van der Waals surface area (Å²) in [6.45, 7) is 6.85. The van der Waals surface area contributed by atoms with Crippen molar-refractivity contribution in [3.8, 4) is 0 Å². The van der Waals surface area contributed by atoms with Gasteiger partial charge in [-0.25, -0.2) is 4.79 Å². The SMILES string of the molecule is CC(O)CCC(=O)/C=C\C(=O)OCCC(C)CCC(=O)O[I-]OC(=O)CCC(C)CCOC(=O)/C=C\C(=O)OCC(C)O. The van der Waals surface area contributed by atoms with Gasteiger partial charge in [0.2, 0.25) is 0 Å². The minimum Gasteiger partial charge on any atom is -0.460 e. The van der Waals surface area contributed by atoms with Crippen molar-refractivity contribution in [3.63, 3.8) is 0 Å². The molecule has 4 atom stereocenters. The van der Waals surface area contributed by atoms with E-state index >= 15 is 0 Å². The molecule has 2 N–H and O–H groups in total. The number of carbonyl (C=O) groups excluding carboxylic acids is 6. The van der Waals surface area contributed by atoms with Crippen molar-refractivity contribution in [2.45, 2.75) is 91.3 Å². The number of hydrogen-bond acceptors (Lipinski definition) is 13. The van der Waals surface area contributed by atoms with Gasteiger partial charge in [-0.1, -0.05) is 0 Å². The molecule has 13 nitrogen and oxygen atoms in total. The number of esters is 3. The molecule has 246 valence electrons. The minimum absolute atomic E-state index is 0.0427. The first-order valence-electron chi connectivity index (χ1n) is 14.1. The van der Waals surface area contributed by atoms with E-state index in [2.05, 4.69) is 4.74 Å². The van der Waals surface area contributed by atoms with Gasteiger partial charge in [-0.2, -0.15) is 0 Å². The van der Waals surface area contributed by atoms with Crippen LogP contribution in [0.3, 0.4) is 0 Å². The van der Waals surface area contributed by atoms with E-state index in [0.29, 0.717) is 32.1 Å². The van der Waals surface area contributed by atoms with Gasteiger partial charge in [0, 0.05) is 6.42 Å². The van der Waals surface area contributed by atoms with Crippen molar-refractivity contribution in [3.05, 3.63) is 24.3 Å². The molecule has 0 aromatic heterocycles. The second kappa shape index (κ2) is 24.6. The van der Waals surface area contributed by atoms with Gasteiger partial charge in [-0.3, -0.25) is 4.79 Å². The Balaban J connectivity index is 3.92. The number of hydrogen-bond donors (Lipinski definition) is 2. The van der Waals surface area contributed by atoms with Gasteiger partial charge in [0.05, 0.1) is 12.2 Å². The molecule has 0 aliphatic carbocycles. The molecule has 0 aliphatic heterocycles. The third-order valence-electron chi connectivity index (χ3n) is 5.66. The second-order valence-corrected chi connectivity index (χ2v) is 11.4. The number of halogens is 1. The van der Waals surface area contributed by atoms with Crippen molar-refractivity contribution in [1.29, 1.82) is 0 Å². The molecular formula is C29H44IO13-. The van der Waals surface area contributed by atoms with Crippen LogP contribution in [-0.2, 0) is 49.1 Å². The van der Waals surface area contributed by atoms with Crippen LogP contribution in [0.25, 0.3) is 0 Å². The molecule has 4 unspecified atom stereocenters. The molecular weight excluding hydrogens is 683 g/mol. The van der Waals surface area contributed by atoms with Crippen molar-refractivity contribution >= 4 is 35.6 Å². The van der Waals surface area contributed by atoms with Gasteiger partial charge in [0.1, 0.15) is 6.61 Å². The molecule has 14 heteroatoms. The Hall–Kier alpha value is -2.85. The average Bonchev–Trinajstić information content (AvgIpc) is 2.94. The Morgan fingerprint density at radius 2 is 1.02 bits per heavy atom. The van der Waals surface area contributed by atoms with E-state index in [9.17, 15) is 28.8 Å². The minimum atomic E-state index is -1.54. The summed E-state index contributed by atoms with van der Waals surface area (Å²) in [7, 11) is 0. The number of carbonyl (C=O) groups is 6. The van der Waals surface area contributed by atoms with E-state index in [1.54, 1.807) is 6.92 Å². The predicted molar refractivity (Wildman–Crippen MR) is 147 cm³/mol. The topological polar surface area (TPSA) is 189 Å². The molecule has 0 aliphatic rings. The van der Waals surface area contributed by atoms with E-state index < -0.39 is 64.1 Å². The smallest absolute Gasteiger partial charge is 0.460 e. The fourth-order valence-electron chi connectivity index (χ4n) is 2.98. The molecule has 0 rings (SSSR count). The van der Waals surface area contributed by atoms with Crippen LogP contribution >= 0.6 is 0 Å². The number of aliphatic hydroxyl groups excluding tert-OH is 2. The number of allylic oxidation sites excluding steroid dienone is 1. The molecule has 0 amide bonds. The van der Waals surface area contributed by atoms with E-state index in [-0.39, 0.29) is 56.7 Å². The number of ether oxygens (including phenoxy) is 3. The van der Waals surface area contributed by atoms with Crippen LogP contribution in [0.2, 0.25) is 0 Å². The molecule has 0 aromatic rings. The Bertz CT molecular complexity index is 869. The van der Waals surface area contributed by atoms with Crippen LogP contribution in [0, 0.1) is 11.8 Å². The molecule has 0 aromatic carbocycles. The molecule has 0 fully saturated rings. The maximum absolute atomic E-state index is 11.9. The van der Waals surface area contributed by atoms with E-state index in [0.717, 1.165) is 24.3 Å². The zero-order chi connectivity index (χ0) is 32.6. The monoisotopic (exact) mass is 727 g/mol. The first kappa shape index (κ1) is 40.1. The molecule has 0 spiro atoms. The zero-order valence-electron chi connectivity index (χ0n) is 25.2. The summed E-state index contributed by atoms with van der Waals surface area (Å²) in [6.07, 6.45) is 5.32. The Morgan fingerprint density at radius 3 is 1.47 bits per heavy atom. The van der Waals surface area contributed by atoms with Gasteiger partial charge in [0.25, 0.3) is 0 Å². The quantitative estimate of drug-likeness (QED) is 0.0592. The molecule has 0 bridgehead atoms. The van der Waals surface area contributed by atoms with Gasteiger partial charge in [-0.15, -0.1) is 0 Å². The van der Waals surface area contributed by atoms with Gasteiger partial charge in [-0.05, 0) is 20.3 Å². The Morgan fingerprint density at radius 1 is 0.581 bits per heavy atom. The van der Waals surface area contributed by atoms with Crippen LogP contribution < -0.4 is 22.0 Å². The summed E-state index contributed by atoms with van der Waals surface area (Å²) in [5.74, 6) is -3.26. The van der Waals surface area contributed by atoms with E-state index in [4.69, 9.17) is 25.8 Å². The summed E-state index contributed by atoms with van der Waals surface area (Å²) in [6, 6.07) is 0. The Kier molecular flexibility index (Phi) is 22.9. The predicted octanol–water partition coefficient (Wildman–Crippen LogP) is -0.542. The molecule has 43 heavy (non-hydrogen) atoms. The van der Waals surface area contributed by atoms with Crippen molar-refractivity contribution in [2.24, 2.45) is 11.8 Å². The summed E-state index contributed by atoms with van der Waals surface area (Å²) in [5.41, 5.74) is 0.